The van der Waals surface area contributed by atoms with Crippen molar-refractivity contribution in [3.8, 4) is 0 Å². The minimum Gasteiger partial charge on any atom is -0.381 e. The molecule has 0 saturated heterocycles. The topological polar surface area (TPSA) is 55.2 Å². The van der Waals surface area contributed by atoms with Crippen LogP contribution < -0.4 is 5.32 Å². The molecule has 7 heteroatoms. The lowest BCUT2D eigenvalue weighted by atomic mass is 10.2. The Hall–Kier alpha value is -1.30. The van der Waals surface area contributed by atoms with Gasteiger partial charge in [0.1, 0.15) is 5.02 Å². The monoisotopic (exact) mass is 374 g/mol. The second-order valence-electron chi connectivity index (χ2n) is 4.01. The molecular weight excluding hydrogens is 367 g/mol. The normalized spacial score (nSPS) is 10.3. The minimum atomic E-state index is -0.508. The molecule has 2 aromatic carbocycles. The van der Waals surface area contributed by atoms with E-state index >= 15 is 0 Å². The summed E-state index contributed by atoms with van der Waals surface area (Å²) in [6.45, 7) is 0.510. The van der Waals surface area contributed by atoms with Crippen molar-refractivity contribution in [2.45, 2.75) is 6.54 Å². The van der Waals surface area contributed by atoms with Crippen molar-refractivity contribution >= 4 is 50.5 Å². The van der Waals surface area contributed by atoms with Gasteiger partial charge in [0.15, 0.2) is 0 Å². The van der Waals surface area contributed by atoms with Crippen molar-refractivity contribution in [1.29, 1.82) is 0 Å². The van der Waals surface area contributed by atoms with Gasteiger partial charge in [0.2, 0.25) is 0 Å². The van der Waals surface area contributed by atoms with Gasteiger partial charge in [-0.1, -0.05) is 45.2 Å². The number of nitrogens with one attached hydrogen (secondary N) is 1. The van der Waals surface area contributed by atoms with Gasteiger partial charge in [-0.3, -0.25) is 10.1 Å². The van der Waals surface area contributed by atoms with Gasteiger partial charge < -0.3 is 5.32 Å². The lowest BCUT2D eigenvalue weighted by Gasteiger charge is -2.09. The van der Waals surface area contributed by atoms with E-state index in [1.165, 1.54) is 12.1 Å². The van der Waals surface area contributed by atoms with Crippen molar-refractivity contribution < 1.29 is 4.92 Å². The van der Waals surface area contributed by atoms with Crippen molar-refractivity contribution in [2.75, 3.05) is 5.32 Å². The van der Waals surface area contributed by atoms with Crippen molar-refractivity contribution in [2.24, 2.45) is 0 Å². The number of rotatable bonds is 4. The molecule has 0 aromatic heterocycles. The highest BCUT2D eigenvalue weighted by molar-refractivity contribution is 9.10. The number of nitrogens with zero attached hydrogens (tertiary/aromatic N) is 1. The zero-order valence-corrected chi connectivity index (χ0v) is 13.2. The number of halogens is 3. The summed E-state index contributed by atoms with van der Waals surface area (Å²) in [5.41, 5.74) is 1.50. The number of anilines is 1. The first-order chi connectivity index (χ1) is 9.47. The fraction of sp³-hybridized carbons (Fsp3) is 0.0769. The lowest BCUT2D eigenvalue weighted by Crippen LogP contribution is -2.01. The van der Waals surface area contributed by atoms with Crippen LogP contribution >= 0.6 is 39.1 Å². The van der Waals surface area contributed by atoms with E-state index in [4.69, 9.17) is 23.2 Å². The van der Waals surface area contributed by atoms with Crippen molar-refractivity contribution in [3.05, 3.63) is 66.6 Å². The molecule has 0 aliphatic rings. The van der Waals surface area contributed by atoms with E-state index in [-0.39, 0.29) is 10.7 Å². The van der Waals surface area contributed by atoms with E-state index in [0.29, 0.717) is 17.3 Å². The number of hydrogen-bond acceptors (Lipinski definition) is 3. The molecule has 0 saturated carbocycles. The van der Waals surface area contributed by atoms with Crippen LogP contribution in [0, 0.1) is 10.1 Å². The molecule has 0 amide bonds. The van der Waals surface area contributed by atoms with Gasteiger partial charge in [-0.15, -0.1) is 0 Å². The number of hydrogen-bond donors (Lipinski definition) is 1. The molecule has 2 rings (SSSR count). The summed E-state index contributed by atoms with van der Waals surface area (Å²) in [6.07, 6.45) is 0. The van der Waals surface area contributed by atoms with E-state index in [1.54, 1.807) is 18.2 Å². The summed E-state index contributed by atoms with van der Waals surface area (Å²) in [4.78, 5) is 10.3. The zero-order valence-electron chi connectivity index (χ0n) is 10.1. The molecule has 4 nitrogen and oxygen atoms in total. The van der Waals surface area contributed by atoms with Crippen LogP contribution in [0.25, 0.3) is 0 Å². The van der Waals surface area contributed by atoms with Gasteiger partial charge in [-0.05, 0) is 29.8 Å². The third kappa shape index (κ3) is 3.62. The Kier molecular flexibility index (Phi) is 4.86. The highest BCUT2D eigenvalue weighted by Crippen LogP contribution is 2.28. The van der Waals surface area contributed by atoms with Gasteiger partial charge in [-0.25, -0.2) is 0 Å². The Morgan fingerprint density at radius 2 is 1.95 bits per heavy atom. The first-order valence-corrected chi connectivity index (χ1v) is 7.14. The molecule has 104 valence electrons. The predicted molar refractivity (Wildman–Crippen MR) is 84.6 cm³/mol. The summed E-state index contributed by atoms with van der Waals surface area (Å²) in [6, 6.07) is 10.1. The van der Waals surface area contributed by atoms with Gasteiger partial charge in [-0.2, -0.15) is 0 Å². The van der Waals surface area contributed by atoms with Crippen molar-refractivity contribution in [3.63, 3.8) is 0 Å². The standard InChI is InChI=1S/C13H9BrCl2N2O2/c14-11-5-9(15)2-1-8(11)7-17-10-3-4-12(16)13(6-10)18(19)20/h1-6,17H,7H2. The molecule has 0 radical (unpaired) electrons. The molecule has 0 unspecified atom stereocenters. The molecule has 0 aliphatic carbocycles. The Bertz CT molecular complexity index is 665. The largest absolute Gasteiger partial charge is 0.381 e. The van der Waals surface area contributed by atoms with Gasteiger partial charge in [0.25, 0.3) is 5.69 Å². The van der Waals surface area contributed by atoms with E-state index in [0.717, 1.165) is 10.0 Å². The van der Waals surface area contributed by atoms with Crippen LogP contribution in [0.4, 0.5) is 11.4 Å². The first-order valence-electron chi connectivity index (χ1n) is 5.59. The van der Waals surface area contributed by atoms with E-state index in [9.17, 15) is 10.1 Å². The second-order valence-corrected chi connectivity index (χ2v) is 5.71. The third-order valence-corrected chi connectivity index (χ3v) is 3.93. The van der Waals surface area contributed by atoms with Gasteiger partial charge in [0, 0.05) is 27.8 Å². The lowest BCUT2D eigenvalue weighted by molar-refractivity contribution is -0.384. The number of nitro benzene ring substituents is 1. The Balaban J connectivity index is 2.15. The molecule has 0 heterocycles. The summed E-state index contributed by atoms with van der Waals surface area (Å²) < 4.78 is 0.876. The number of nitro groups is 1. The Morgan fingerprint density at radius 1 is 1.20 bits per heavy atom. The molecule has 20 heavy (non-hydrogen) atoms. The fourth-order valence-electron chi connectivity index (χ4n) is 1.62. The summed E-state index contributed by atoms with van der Waals surface area (Å²) in [5, 5.41) is 14.7. The van der Waals surface area contributed by atoms with Gasteiger partial charge in [0.05, 0.1) is 4.92 Å². The molecule has 2 aromatic rings. The quantitative estimate of drug-likeness (QED) is 0.584. The maximum atomic E-state index is 10.8. The van der Waals surface area contributed by atoms with Gasteiger partial charge >= 0.3 is 0 Å². The average Bonchev–Trinajstić information content (AvgIpc) is 2.39. The maximum absolute atomic E-state index is 10.8. The molecule has 0 aliphatic heterocycles. The number of benzene rings is 2. The van der Waals surface area contributed by atoms with Crippen LogP contribution in [0.2, 0.25) is 10.0 Å². The molecular formula is C13H9BrCl2N2O2. The smallest absolute Gasteiger partial charge is 0.289 e. The van der Waals surface area contributed by atoms with Crippen LogP contribution in [0.5, 0.6) is 0 Å². The van der Waals surface area contributed by atoms with Crippen LogP contribution in [-0.2, 0) is 6.54 Å². The van der Waals surface area contributed by atoms with E-state index in [2.05, 4.69) is 21.2 Å². The minimum absolute atomic E-state index is 0.119. The third-order valence-electron chi connectivity index (χ3n) is 2.64. The molecule has 0 spiro atoms. The highest BCUT2D eigenvalue weighted by atomic mass is 79.9. The Labute approximate surface area is 134 Å². The predicted octanol–water partition coefficient (Wildman–Crippen LogP) is 5.28. The van der Waals surface area contributed by atoms with E-state index in [1.807, 2.05) is 6.07 Å². The summed E-state index contributed by atoms with van der Waals surface area (Å²) >= 11 is 15.0. The molecule has 0 bridgehead atoms. The SMILES string of the molecule is O=[N+]([O-])c1cc(NCc2ccc(Cl)cc2Br)ccc1Cl. The second kappa shape index (κ2) is 6.43. The fourth-order valence-corrected chi connectivity index (χ4v) is 2.63. The van der Waals surface area contributed by atoms with Crippen LogP contribution in [0.1, 0.15) is 5.56 Å². The average molecular weight is 376 g/mol. The first kappa shape index (κ1) is 15.1. The molecule has 0 fully saturated rings. The summed E-state index contributed by atoms with van der Waals surface area (Å²) in [5.74, 6) is 0. The Morgan fingerprint density at radius 3 is 2.60 bits per heavy atom. The van der Waals surface area contributed by atoms with Crippen LogP contribution in [-0.4, -0.2) is 4.92 Å². The molecule has 1 N–H and O–H groups in total. The zero-order chi connectivity index (χ0) is 14.7. The maximum Gasteiger partial charge on any atom is 0.289 e. The van der Waals surface area contributed by atoms with Crippen molar-refractivity contribution in [1.82, 2.24) is 0 Å². The highest BCUT2D eigenvalue weighted by Gasteiger charge is 2.12. The van der Waals surface area contributed by atoms with E-state index < -0.39 is 4.92 Å². The summed E-state index contributed by atoms with van der Waals surface area (Å²) in [7, 11) is 0. The van der Waals surface area contributed by atoms with Crippen LogP contribution in [0.15, 0.2) is 40.9 Å². The van der Waals surface area contributed by atoms with Crippen LogP contribution in [0.3, 0.4) is 0 Å². The molecule has 0 atom stereocenters.